The Balaban J connectivity index is 1.33. The van der Waals surface area contributed by atoms with Gasteiger partial charge in [0, 0.05) is 0 Å². The van der Waals surface area contributed by atoms with E-state index in [9.17, 15) is 29.6 Å². The highest BCUT2D eigenvalue weighted by Crippen LogP contribution is 2.46. The van der Waals surface area contributed by atoms with Crippen LogP contribution in [0.4, 0.5) is 5.82 Å². The maximum atomic E-state index is 14.3. The number of aliphatic hydroxyl groups excluding tert-OH is 2. The molecule has 47 heavy (non-hydrogen) atoms. The molecule has 0 bridgehead atoms. The lowest BCUT2D eigenvalue weighted by Gasteiger charge is -2.31. The fourth-order valence-electron chi connectivity index (χ4n) is 6.29. The zero-order valence-electron chi connectivity index (χ0n) is 26.6. The normalized spacial score (nSPS) is 27.3. The number of anilines is 1. The van der Waals surface area contributed by atoms with Gasteiger partial charge in [-0.25, -0.2) is 19.7 Å². The summed E-state index contributed by atoms with van der Waals surface area (Å²) < 4.78 is 38.7. The Labute approximate surface area is 272 Å². The molecule has 0 unspecified atom stereocenters. The van der Waals surface area contributed by atoms with E-state index in [1.807, 2.05) is 6.07 Å². The third-order valence-electron chi connectivity index (χ3n) is 9.01. The highest BCUT2D eigenvalue weighted by atomic mass is 31.2. The maximum absolute atomic E-state index is 14.3. The first kappa shape index (κ1) is 35.2. The van der Waals surface area contributed by atoms with Crippen molar-refractivity contribution in [2.45, 2.75) is 126 Å². The first-order chi connectivity index (χ1) is 22.4. The zero-order valence-corrected chi connectivity index (χ0v) is 27.5. The quantitative estimate of drug-likeness (QED) is 0.160. The Morgan fingerprint density at radius 3 is 2.15 bits per heavy atom. The van der Waals surface area contributed by atoms with Crippen LogP contribution in [0.2, 0.25) is 0 Å². The molecule has 2 aromatic heterocycles. The first-order valence-electron chi connectivity index (χ1n) is 16.2. The van der Waals surface area contributed by atoms with Crippen LogP contribution in [-0.4, -0.2) is 85.5 Å². The molecule has 3 heterocycles. The van der Waals surface area contributed by atoms with Crippen molar-refractivity contribution in [2.24, 2.45) is 0 Å². The molecule has 17 heteroatoms. The van der Waals surface area contributed by atoms with Gasteiger partial charge in [0.2, 0.25) is 5.60 Å². The molecule has 2 aliphatic carbocycles. The lowest BCUT2D eigenvalue weighted by molar-refractivity contribution is -0.152. The summed E-state index contributed by atoms with van der Waals surface area (Å²) in [7, 11) is -4.39. The van der Waals surface area contributed by atoms with Crippen LogP contribution in [0, 0.1) is 11.3 Å². The standard InChI is InChI=1S/C30H44N7O9P/c1-18(28(40)44-20-9-5-3-6-10-20)35-47(42,36-19(2)29(41)45-21-11-7-4-8-12-21)43-16-30(15-31)26(39)24(38)25(46-30)22-13-14-23-27(32)33-17-34-37(22)23/h13-14,17-21,24-26,38-39H,3-12,16H2,1-2H3,(H2,32,33,34)(H2,35,36,42)/t18-,19-,24-,25-,26-,30+/m0/s1. The third kappa shape index (κ3) is 7.94. The van der Waals surface area contributed by atoms with Gasteiger partial charge in [-0.3, -0.25) is 14.2 Å². The molecule has 16 nitrogen and oxygen atoms in total. The van der Waals surface area contributed by atoms with E-state index in [0.717, 1.165) is 64.2 Å². The maximum Gasteiger partial charge on any atom is 0.342 e. The Kier molecular flexibility index (Phi) is 11.2. The van der Waals surface area contributed by atoms with Gasteiger partial charge in [-0.2, -0.15) is 10.4 Å². The number of aliphatic hydroxyl groups is 2. The van der Waals surface area contributed by atoms with Crippen LogP contribution in [0.1, 0.15) is 89.9 Å². The van der Waals surface area contributed by atoms with Gasteiger partial charge in [0.25, 0.3) is 0 Å². The number of hydrogen-bond donors (Lipinski definition) is 5. The van der Waals surface area contributed by atoms with E-state index in [-0.39, 0.29) is 23.7 Å². The topological polar surface area (TPSA) is 233 Å². The molecule has 6 N–H and O–H groups in total. The summed E-state index contributed by atoms with van der Waals surface area (Å²) in [5, 5.41) is 41.7. The van der Waals surface area contributed by atoms with Gasteiger partial charge in [0.1, 0.15) is 67.1 Å². The molecule has 0 amide bonds. The number of nitrogens with one attached hydrogen (secondary N) is 2. The molecule has 1 aliphatic heterocycles. The highest BCUT2D eigenvalue weighted by molar-refractivity contribution is 7.54. The van der Waals surface area contributed by atoms with Crippen molar-refractivity contribution in [1.82, 2.24) is 24.8 Å². The fraction of sp³-hybridized carbons (Fsp3) is 0.700. The summed E-state index contributed by atoms with van der Waals surface area (Å²) in [6, 6.07) is 2.71. The molecule has 0 spiro atoms. The molecule has 0 aromatic carbocycles. The summed E-state index contributed by atoms with van der Waals surface area (Å²) in [4.78, 5) is 29.9. The second-order valence-corrected chi connectivity index (χ2v) is 14.5. The van der Waals surface area contributed by atoms with Crippen molar-refractivity contribution in [2.75, 3.05) is 12.3 Å². The predicted octanol–water partition coefficient (Wildman–Crippen LogP) is 2.20. The second-order valence-electron chi connectivity index (χ2n) is 12.6. The number of nitrogens with two attached hydrogens (primary N) is 1. The number of carbonyl (C=O) groups is 2. The number of nitrogens with zero attached hydrogens (tertiary/aromatic N) is 4. The number of esters is 2. The average Bonchev–Trinajstić information content (AvgIpc) is 3.60. The fourth-order valence-corrected chi connectivity index (χ4v) is 8.12. The van der Waals surface area contributed by atoms with Crippen LogP contribution < -0.4 is 15.9 Å². The van der Waals surface area contributed by atoms with E-state index in [4.69, 9.17) is 24.5 Å². The van der Waals surface area contributed by atoms with E-state index in [2.05, 4.69) is 20.3 Å². The van der Waals surface area contributed by atoms with Crippen molar-refractivity contribution in [1.29, 1.82) is 5.26 Å². The van der Waals surface area contributed by atoms with Crippen molar-refractivity contribution >= 4 is 30.9 Å². The monoisotopic (exact) mass is 677 g/mol. The van der Waals surface area contributed by atoms with Crippen molar-refractivity contribution in [3.8, 4) is 6.07 Å². The molecule has 3 fully saturated rings. The van der Waals surface area contributed by atoms with E-state index in [1.165, 1.54) is 24.7 Å². The molecular weight excluding hydrogens is 633 g/mol. The summed E-state index contributed by atoms with van der Waals surface area (Å²) in [5.74, 6) is -1.16. The van der Waals surface area contributed by atoms with E-state index in [0.29, 0.717) is 5.52 Å². The van der Waals surface area contributed by atoms with Crippen molar-refractivity contribution in [3.05, 3.63) is 24.2 Å². The summed E-state index contributed by atoms with van der Waals surface area (Å²) >= 11 is 0. The van der Waals surface area contributed by atoms with Crippen molar-refractivity contribution < 1.29 is 43.1 Å². The SMILES string of the molecule is C[C@H](NP(=O)(N[C@@H](C)C(=O)OC1CCCCC1)OC[C@@]1(C#N)O[C@@H](c2ccc3c(N)ncnn23)[C@H](O)[C@@H]1O)C(=O)OC1CCCCC1. The van der Waals surface area contributed by atoms with Gasteiger partial charge in [0.15, 0.2) is 5.82 Å². The molecule has 0 radical (unpaired) electrons. The van der Waals surface area contributed by atoms with Crippen molar-refractivity contribution in [3.63, 3.8) is 0 Å². The zero-order chi connectivity index (χ0) is 33.8. The summed E-state index contributed by atoms with van der Waals surface area (Å²) in [6.45, 7) is 2.06. The smallest absolute Gasteiger partial charge is 0.342 e. The van der Waals surface area contributed by atoms with Gasteiger partial charge >= 0.3 is 19.6 Å². The van der Waals surface area contributed by atoms with Gasteiger partial charge in [0.05, 0.1) is 5.69 Å². The molecular formula is C30H44N7O9P. The largest absolute Gasteiger partial charge is 0.461 e. The lowest BCUT2D eigenvalue weighted by Crippen LogP contribution is -2.48. The number of aromatic nitrogens is 3. The molecule has 2 saturated carbocycles. The lowest BCUT2D eigenvalue weighted by atomic mass is 9.96. The van der Waals surface area contributed by atoms with E-state index in [1.54, 1.807) is 12.1 Å². The van der Waals surface area contributed by atoms with E-state index >= 15 is 0 Å². The van der Waals surface area contributed by atoms with Crippen LogP contribution >= 0.6 is 7.67 Å². The highest BCUT2D eigenvalue weighted by Gasteiger charge is 2.57. The number of hydrogen-bond acceptors (Lipinski definition) is 13. The van der Waals surface area contributed by atoms with Crippen LogP contribution in [0.3, 0.4) is 0 Å². The van der Waals surface area contributed by atoms with Gasteiger partial charge in [-0.1, -0.05) is 12.8 Å². The van der Waals surface area contributed by atoms with Crippen LogP contribution in [-0.2, 0) is 32.9 Å². The summed E-state index contributed by atoms with van der Waals surface area (Å²) in [6.07, 6.45) is 4.79. The first-order valence-corrected chi connectivity index (χ1v) is 17.8. The molecule has 6 atom stereocenters. The predicted molar refractivity (Wildman–Crippen MR) is 166 cm³/mol. The van der Waals surface area contributed by atoms with Crippen LogP contribution in [0.5, 0.6) is 0 Å². The molecule has 5 rings (SSSR count). The Hall–Kier alpha value is -3.16. The Bertz CT molecular complexity index is 1460. The molecule has 258 valence electrons. The number of fused-ring (bicyclic) bond motifs is 1. The third-order valence-corrected chi connectivity index (χ3v) is 11.0. The average molecular weight is 678 g/mol. The number of ether oxygens (including phenoxy) is 3. The molecule has 3 aliphatic rings. The number of rotatable bonds is 12. The second kappa shape index (κ2) is 14.9. The number of nitriles is 1. The van der Waals surface area contributed by atoms with Crippen LogP contribution in [0.15, 0.2) is 18.5 Å². The Morgan fingerprint density at radius 2 is 1.62 bits per heavy atom. The molecule has 1 saturated heterocycles. The van der Waals surface area contributed by atoms with E-state index < -0.39 is 62.2 Å². The number of carbonyl (C=O) groups excluding carboxylic acids is 2. The number of nitrogen functional groups attached to an aromatic ring is 1. The summed E-state index contributed by atoms with van der Waals surface area (Å²) in [5.41, 5.74) is 4.39. The van der Waals surface area contributed by atoms with Gasteiger partial charge < -0.3 is 34.7 Å². The minimum Gasteiger partial charge on any atom is -0.461 e. The van der Waals surface area contributed by atoms with Gasteiger partial charge in [-0.05, 0) is 77.3 Å². The van der Waals surface area contributed by atoms with Gasteiger partial charge in [-0.15, -0.1) is 0 Å². The molecule has 2 aromatic rings. The Morgan fingerprint density at radius 1 is 1.06 bits per heavy atom. The minimum atomic E-state index is -4.39. The van der Waals surface area contributed by atoms with Crippen LogP contribution in [0.25, 0.3) is 5.52 Å². The minimum absolute atomic E-state index is 0.166.